The minimum absolute atomic E-state index is 0.589. The third-order valence-corrected chi connectivity index (χ3v) is 3.32. The monoisotopic (exact) mass is 263 g/mol. The third-order valence-electron chi connectivity index (χ3n) is 3.32. The molecule has 0 spiro atoms. The fraction of sp³-hybridized carbons (Fsp3) is 0.667. The summed E-state index contributed by atoms with van der Waals surface area (Å²) in [6, 6.07) is 3.87. The minimum atomic E-state index is 0.589. The van der Waals surface area contributed by atoms with Crippen LogP contribution in [0.2, 0.25) is 0 Å². The van der Waals surface area contributed by atoms with Gasteiger partial charge in [-0.3, -0.25) is 0 Å². The Morgan fingerprint density at radius 1 is 1.42 bits per heavy atom. The van der Waals surface area contributed by atoms with E-state index in [1.807, 2.05) is 12.1 Å². The number of hydrogen-bond acceptors (Lipinski definition) is 4. The lowest BCUT2D eigenvalue weighted by Gasteiger charge is -2.24. The summed E-state index contributed by atoms with van der Waals surface area (Å²) in [5.41, 5.74) is 6.56. The summed E-state index contributed by atoms with van der Waals surface area (Å²) in [6.07, 6.45) is 2.54. The van der Waals surface area contributed by atoms with Crippen LogP contribution in [0.15, 0.2) is 12.1 Å². The van der Waals surface area contributed by atoms with Crippen molar-refractivity contribution in [1.29, 1.82) is 0 Å². The molecule has 1 aromatic heterocycles. The molecule has 1 aliphatic rings. The molecular weight excluding hydrogens is 238 g/mol. The molecule has 2 rings (SSSR count). The smallest absolute Gasteiger partial charge is 0.239 e. The number of nitrogen functional groups attached to an aromatic ring is 1. The summed E-state index contributed by atoms with van der Waals surface area (Å²) < 4.78 is 5.74. The van der Waals surface area contributed by atoms with Crippen LogP contribution in [-0.4, -0.2) is 24.7 Å². The molecule has 0 radical (unpaired) electrons. The number of anilines is 2. The van der Waals surface area contributed by atoms with Crippen molar-refractivity contribution in [3.05, 3.63) is 12.1 Å². The second-order valence-electron chi connectivity index (χ2n) is 5.75. The van der Waals surface area contributed by atoms with E-state index in [9.17, 15) is 0 Å². The van der Waals surface area contributed by atoms with Gasteiger partial charge in [-0.1, -0.05) is 13.8 Å². The van der Waals surface area contributed by atoms with Crippen LogP contribution in [0.1, 0.15) is 33.6 Å². The van der Waals surface area contributed by atoms with Gasteiger partial charge in [0.05, 0.1) is 12.3 Å². The molecule has 4 nitrogen and oxygen atoms in total. The van der Waals surface area contributed by atoms with Crippen molar-refractivity contribution in [2.75, 3.05) is 30.3 Å². The average molecular weight is 263 g/mol. The summed E-state index contributed by atoms with van der Waals surface area (Å²) in [4.78, 5) is 6.83. The van der Waals surface area contributed by atoms with Crippen LogP contribution in [0.5, 0.6) is 5.88 Å². The number of ether oxygens (including phenoxy) is 1. The molecule has 1 fully saturated rings. The van der Waals surface area contributed by atoms with Gasteiger partial charge in [0, 0.05) is 13.1 Å². The van der Waals surface area contributed by atoms with Crippen LogP contribution in [0.3, 0.4) is 0 Å². The number of pyridine rings is 1. The molecule has 106 valence electrons. The van der Waals surface area contributed by atoms with Crippen molar-refractivity contribution in [3.8, 4) is 5.88 Å². The highest BCUT2D eigenvalue weighted by Crippen LogP contribution is 2.31. The van der Waals surface area contributed by atoms with Crippen molar-refractivity contribution in [2.24, 2.45) is 11.8 Å². The van der Waals surface area contributed by atoms with Crippen molar-refractivity contribution >= 4 is 11.5 Å². The van der Waals surface area contributed by atoms with Crippen LogP contribution in [0.4, 0.5) is 11.5 Å². The standard InChI is InChI=1S/C15H25N3O/c1-4-18(9-11(2)3)14-8-7-13(16)15(17-14)19-10-12-5-6-12/h7-8,11-12H,4-6,9-10,16H2,1-3H3. The molecule has 1 aromatic rings. The molecular formula is C15H25N3O. The molecule has 0 aromatic carbocycles. The first-order chi connectivity index (χ1) is 9.10. The van der Waals surface area contributed by atoms with Crippen LogP contribution < -0.4 is 15.4 Å². The average Bonchev–Trinajstić information content (AvgIpc) is 3.19. The van der Waals surface area contributed by atoms with Gasteiger partial charge in [0.2, 0.25) is 5.88 Å². The predicted molar refractivity (Wildman–Crippen MR) is 79.6 cm³/mol. The Morgan fingerprint density at radius 2 is 2.16 bits per heavy atom. The molecule has 1 saturated carbocycles. The summed E-state index contributed by atoms with van der Waals surface area (Å²) in [6.45, 7) is 9.25. The largest absolute Gasteiger partial charge is 0.476 e. The van der Waals surface area contributed by atoms with Gasteiger partial charge in [0.1, 0.15) is 5.82 Å². The number of nitrogens with two attached hydrogens (primary N) is 1. The van der Waals surface area contributed by atoms with Crippen LogP contribution in [0, 0.1) is 11.8 Å². The Hall–Kier alpha value is -1.45. The maximum absolute atomic E-state index is 5.93. The maximum Gasteiger partial charge on any atom is 0.239 e. The van der Waals surface area contributed by atoms with E-state index in [1.165, 1.54) is 12.8 Å². The van der Waals surface area contributed by atoms with Crippen LogP contribution >= 0.6 is 0 Å². The van der Waals surface area contributed by atoms with Crippen molar-refractivity contribution in [1.82, 2.24) is 4.98 Å². The summed E-state index contributed by atoms with van der Waals surface area (Å²) >= 11 is 0. The highest BCUT2D eigenvalue weighted by molar-refractivity contribution is 5.54. The number of nitrogens with zero attached hydrogens (tertiary/aromatic N) is 2. The van der Waals surface area contributed by atoms with E-state index >= 15 is 0 Å². The lowest BCUT2D eigenvalue weighted by Crippen LogP contribution is -2.28. The second-order valence-corrected chi connectivity index (χ2v) is 5.75. The van der Waals surface area contributed by atoms with Gasteiger partial charge in [0.15, 0.2) is 0 Å². The highest BCUT2D eigenvalue weighted by Gasteiger charge is 2.22. The van der Waals surface area contributed by atoms with E-state index in [-0.39, 0.29) is 0 Å². The third kappa shape index (κ3) is 4.01. The molecule has 0 aliphatic heterocycles. The van der Waals surface area contributed by atoms with Gasteiger partial charge in [-0.2, -0.15) is 4.98 Å². The lowest BCUT2D eigenvalue weighted by molar-refractivity contribution is 0.290. The quantitative estimate of drug-likeness (QED) is 0.821. The molecule has 0 saturated heterocycles. The van der Waals surface area contributed by atoms with E-state index in [4.69, 9.17) is 10.5 Å². The normalized spacial score (nSPS) is 14.7. The molecule has 19 heavy (non-hydrogen) atoms. The number of hydrogen-bond donors (Lipinski definition) is 1. The van der Waals surface area contributed by atoms with Gasteiger partial charge in [-0.15, -0.1) is 0 Å². The van der Waals surface area contributed by atoms with Crippen LogP contribution in [0.25, 0.3) is 0 Å². The van der Waals surface area contributed by atoms with Crippen molar-refractivity contribution in [3.63, 3.8) is 0 Å². The number of rotatable bonds is 7. The summed E-state index contributed by atoms with van der Waals surface area (Å²) in [7, 11) is 0. The first kappa shape index (κ1) is 14.0. The lowest BCUT2D eigenvalue weighted by atomic mass is 10.2. The van der Waals surface area contributed by atoms with E-state index in [2.05, 4.69) is 30.7 Å². The first-order valence-electron chi connectivity index (χ1n) is 7.24. The molecule has 0 amide bonds. The van der Waals surface area contributed by atoms with Crippen LogP contribution in [-0.2, 0) is 0 Å². The molecule has 1 heterocycles. The molecule has 0 bridgehead atoms. The Labute approximate surface area is 116 Å². The van der Waals surface area contributed by atoms with Crippen molar-refractivity contribution < 1.29 is 4.74 Å². The zero-order valence-corrected chi connectivity index (χ0v) is 12.2. The Morgan fingerprint density at radius 3 is 2.74 bits per heavy atom. The SMILES string of the molecule is CCN(CC(C)C)c1ccc(N)c(OCC2CC2)n1. The minimum Gasteiger partial charge on any atom is -0.476 e. The molecule has 0 unspecified atom stereocenters. The van der Waals surface area contributed by atoms with E-state index in [1.54, 1.807) is 0 Å². The van der Waals surface area contributed by atoms with Crippen molar-refractivity contribution in [2.45, 2.75) is 33.6 Å². The fourth-order valence-corrected chi connectivity index (χ4v) is 2.04. The van der Waals surface area contributed by atoms with E-state index in [0.717, 1.165) is 25.5 Å². The number of aromatic nitrogens is 1. The Balaban J connectivity index is 2.08. The summed E-state index contributed by atoms with van der Waals surface area (Å²) in [5.74, 6) is 2.86. The highest BCUT2D eigenvalue weighted by atomic mass is 16.5. The predicted octanol–water partition coefficient (Wildman–Crippen LogP) is 2.93. The zero-order chi connectivity index (χ0) is 13.8. The van der Waals surface area contributed by atoms with E-state index in [0.29, 0.717) is 23.4 Å². The van der Waals surface area contributed by atoms with Gasteiger partial charge >= 0.3 is 0 Å². The van der Waals surface area contributed by atoms with E-state index < -0.39 is 0 Å². The second kappa shape index (κ2) is 6.13. The van der Waals surface area contributed by atoms with Gasteiger partial charge in [-0.05, 0) is 43.7 Å². The molecule has 1 aliphatic carbocycles. The summed E-state index contributed by atoms with van der Waals surface area (Å²) in [5, 5.41) is 0. The van der Waals surface area contributed by atoms with Gasteiger partial charge in [0.25, 0.3) is 0 Å². The molecule has 4 heteroatoms. The molecule has 0 atom stereocenters. The fourth-order valence-electron chi connectivity index (χ4n) is 2.04. The maximum atomic E-state index is 5.93. The topological polar surface area (TPSA) is 51.4 Å². The first-order valence-corrected chi connectivity index (χ1v) is 7.24. The molecule has 2 N–H and O–H groups in total. The Kier molecular flexibility index (Phi) is 4.51. The zero-order valence-electron chi connectivity index (χ0n) is 12.2. The van der Waals surface area contributed by atoms with Gasteiger partial charge < -0.3 is 15.4 Å². The Bertz CT molecular complexity index is 416. The van der Waals surface area contributed by atoms with Gasteiger partial charge in [-0.25, -0.2) is 0 Å².